The van der Waals surface area contributed by atoms with Crippen LogP contribution in [0.3, 0.4) is 0 Å². The molecule has 0 unspecified atom stereocenters. The number of amides is 2. The zero-order chi connectivity index (χ0) is 13.3. The Bertz CT molecular complexity index is 387. The highest BCUT2D eigenvalue weighted by Crippen LogP contribution is 2.45. The Morgan fingerprint density at radius 1 is 1.39 bits per heavy atom. The average molecular weight is 269 g/mol. The molecule has 0 atom stereocenters. The second kappa shape index (κ2) is 4.84. The van der Waals surface area contributed by atoms with Crippen molar-refractivity contribution in [1.29, 1.82) is 0 Å². The number of nitrogens with two attached hydrogens (primary N) is 1. The quantitative estimate of drug-likeness (QED) is 0.617. The molecule has 0 bridgehead atoms. The Morgan fingerprint density at radius 3 is 2.44 bits per heavy atom. The zero-order valence-electron chi connectivity index (χ0n) is 10.5. The lowest BCUT2D eigenvalue weighted by atomic mass is 9.62. The van der Waals surface area contributed by atoms with Crippen molar-refractivity contribution in [3.05, 3.63) is 0 Å². The number of carbonyl (C=O) groups is 2. The van der Waals surface area contributed by atoms with Gasteiger partial charge in [-0.3, -0.25) is 9.59 Å². The normalized spacial score (nSPS) is 30.2. The Hall–Kier alpha value is -1.17. The van der Waals surface area contributed by atoms with Crippen LogP contribution in [0.4, 0.5) is 0 Å². The summed E-state index contributed by atoms with van der Waals surface area (Å²) in [4.78, 5) is 23.8. The van der Waals surface area contributed by atoms with E-state index in [0.29, 0.717) is 24.8 Å². The van der Waals surface area contributed by atoms with Crippen LogP contribution in [-0.2, 0) is 9.59 Å². The van der Waals surface area contributed by atoms with Gasteiger partial charge < -0.3 is 16.4 Å². The van der Waals surface area contributed by atoms with Crippen molar-refractivity contribution in [2.24, 2.45) is 17.1 Å². The number of nitrogens with one attached hydrogen (secondary N) is 2. The number of thiocarbonyl (C=S) groups is 1. The van der Waals surface area contributed by atoms with Crippen molar-refractivity contribution in [2.45, 2.75) is 38.6 Å². The number of rotatable bonds is 5. The third-order valence-corrected chi connectivity index (χ3v) is 4.04. The maximum absolute atomic E-state index is 12.1. The summed E-state index contributed by atoms with van der Waals surface area (Å²) in [5, 5.41) is 5.46. The minimum atomic E-state index is -0.728. The molecule has 5 nitrogen and oxygen atoms in total. The summed E-state index contributed by atoms with van der Waals surface area (Å²) in [5.74, 6) is 0.105. The molecule has 0 aromatic heterocycles. The van der Waals surface area contributed by atoms with E-state index in [1.54, 1.807) is 0 Å². The van der Waals surface area contributed by atoms with Crippen LogP contribution in [0.25, 0.3) is 0 Å². The molecular weight excluding hydrogens is 250 g/mol. The molecule has 0 aliphatic heterocycles. The molecule has 0 heterocycles. The van der Waals surface area contributed by atoms with Crippen LogP contribution in [0.2, 0.25) is 0 Å². The van der Waals surface area contributed by atoms with Gasteiger partial charge in [0, 0.05) is 6.04 Å². The molecule has 0 radical (unpaired) electrons. The molecule has 100 valence electrons. The Kier molecular flexibility index (Phi) is 3.56. The first-order chi connectivity index (χ1) is 8.44. The molecule has 4 N–H and O–H groups in total. The van der Waals surface area contributed by atoms with E-state index in [4.69, 9.17) is 18.0 Å². The SMILES string of the molecule is CC1CC(C(=O)NCC(=O)NC2CC2)(C(N)=S)C1. The molecule has 18 heavy (non-hydrogen) atoms. The summed E-state index contributed by atoms with van der Waals surface area (Å²) in [6.07, 6.45) is 3.43. The molecular formula is C12H19N3O2S. The first-order valence-corrected chi connectivity index (χ1v) is 6.72. The van der Waals surface area contributed by atoms with E-state index in [2.05, 4.69) is 17.6 Å². The average Bonchev–Trinajstić information content (AvgIpc) is 3.04. The molecule has 2 fully saturated rings. The molecule has 2 aliphatic rings. The molecule has 6 heteroatoms. The number of hydrogen-bond acceptors (Lipinski definition) is 3. The Morgan fingerprint density at radius 2 is 2.00 bits per heavy atom. The lowest BCUT2D eigenvalue weighted by molar-refractivity contribution is -0.134. The molecule has 2 amide bonds. The Labute approximate surface area is 112 Å². The molecule has 2 saturated carbocycles. The van der Waals surface area contributed by atoms with Gasteiger partial charge in [-0.2, -0.15) is 0 Å². The maximum atomic E-state index is 12.1. The predicted octanol–water partition coefficient (Wildman–Crippen LogP) is 0.0836. The van der Waals surface area contributed by atoms with Crippen molar-refractivity contribution in [3.8, 4) is 0 Å². The van der Waals surface area contributed by atoms with Gasteiger partial charge in [-0.15, -0.1) is 0 Å². The standard InChI is InChI=1S/C12H19N3O2S/c1-7-4-12(5-7,10(13)18)11(17)14-6-9(16)15-8-2-3-8/h7-8H,2-6H2,1H3,(H2,13,18)(H,14,17)(H,15,16). The fourth-order valence-corrected chi connectivity index (χ4v) is 2.72. The van der Waals surface area contributed by atoms with Gasteiger partial charge in [0.2, 0.25) is 11.8 Å². The van der Waals surface area contributed by atoms with Crippen molar-refractivity contribution in [2.75, 3.05) is 6.54 Å². The van der Waals surface area contributed by atoms with Crippen LogP contribution < -0.4 is 16.4 Å². The first-order valence-electron chi connectivity index (χ1n) is 6.31. The molecule has 0 saturated heterocycles. The van der Waals surface area contributed by atoms with Gasteiger partial charge in [0.15, 0.2) is 0 Å². The molecule has 2 aliphatic carbocycles. The largest absolute Gasteiger partial charge is 0.392 e. The van der Waals surface area contributed by atoms with Gasteiger partial charge in [-0.1, -0.05) is 19.1 Å². The maximum Gasteiger partial charge on any atom is 0.239 e. The summed E-state index contributed by atoms with van der Waals surface area (Å²) >= 11 is 4.99. The van der Waals surface area contributed by atoms with E-state index in [1.165, 1.54) is 0 Å². The van der Waals surface area contributed by atoms with E-state index >= 15 is 0 Å². The summed E-state index contributed by atoms with van der Waals surface area (Å²) < 4.78 is 0. The molecule has 0 spiro atoms. The summed E-state index contributed by atoms with van der Waals surface area (Å²) in [5.41, 5.74) is 4.94. The number of hydrogen-bond donors (Lipinski definition) is 3. The highest BCUT2D eigenvalue weighted by molar-refractivity contribution is 7.80. The van der Waals surface area contributed by atoms with Gasteiger partial charge in [0.1, 0.15) is 0 Å². The topological polar surface area (TPSA) is 84.2 Å². The Balaban J connectivity index is 1.82. The fraction of sp³-hybridized carbons (Fsp3) is 0.750. The minimum Gasteiger partial charge on any atom is -0.392 e. The summed E-state index contributed by atoms with van der Waals surface area (Å²) in [6, 6.07) is 0.308. The van der Waals surface area contributed by atoms with Crippen LogP contribution in [0, 0.1) is 11.3 Å². The van der Waals surface area contributed by atoms with Crippen molar-refractivity contribution in [3.63, 3.8) is 0 Å². The number of carbonyl (C=O) groups excluding carboxylic acids is 2. The van der Waals surface area contributed by atoms with E-state index < -0.39 is 5.41 Å². The smallest absolute Gasteiger partial charge is 0.239 e. The van der Waals surface area contributed by atoms with E-state index in [9.17, 15) is 9.59 Å². The van der Waals surface area contributed by atoms with Gasteiger partial charge in [-0.25, -0.2) is 0 Å². The predicted molar refractivity (Wildman–Crippen MR) is 71.8 cm³/mol. The van der Waals surface area contributed by atoms with Crippen LogP contribution in [0.1, 0.15) is 32.6 Å². The highest BCUT2D eigenvalue weighted by Gasteiger charge is 2.50. The second-order valence-electron chi connectivity index (χ2n) is 5.48. The monoisotopic (exact) mass is 269 g/mol. The van der Waals surface area contributed by atoms with Crippen LogP contribution >= 0.6 is 12.2 Å². The van der Waals surface area contributed by atoms with E-state index in [1.807, 2.05) is 0 Å². The third-order valence-electron chi connectivity index (χ3n) is 3.65. The van der Waals surface area contributed by atoms with Gasteiger partial charge in [-0.05, 0) is 31.6 Å². The van der Waals surface area contributed by atoms with Crippen molar-refractivity contribution < 1.29 is 9.59 Å². The first kappa shape index (κ1) is 13.3. The van der Waals surface area contributed by atoms with Crippen LogP contribution in [-0.4, -0.2) is 29.4 Å². The van der Waals surface area contributed by atoms with Gasteiger partial charge in [0.25, 0.3) is 0 Å². The summed E-state index contributed by atoms with van der Waals surface area (Å²) in [6.45, 7) is 2.07. The minimum absolute atomic E-state index is 0.00801. The van der Waals surface area contributed by atoms with Crippen LogP contribution in [0.15, 0.2) is 0 Å². The lowest BCUT2D eigenvalue weighted by Gasteiger charge is -2.44. The molecule has 0 aromatic carbocycles. The molecule has 2 rings (SSSR count). The second-order valence-corrected chi connectivity index (χ2v) is 5.92. The van der Waals surface area contributed by atoms with Crippen molar-refractivity contribution >= 4 is 29.0 Å². The fourth-order valence-electron chi connectivity index (χ4n) is 2.46. The van der Waals surface area contributed by atoms with E-state index in [0.717, 1.165) is 12.8 Å². The third kappa shape index (κ3) is 2.63. The van der Waals surface area contributed by atoms with Crippen LogP contribution in [0.5, 0.6) is 0 Å². The van der Waals surface area contributed by atoms with E-state index in [-0.39, 0.29) is 23.3 Å². The van der Waals surface area contributed by atoms with Gasteiger partial charge in [0.05, 0.1) is 16.9 Å². The lowest BCUT2D eigenvalue weighted by Crippen LogP contribution is -2.57. The summed E-state index contributed by atoms with van der Waals surface area (Å²) in [7, 11) is 0. The highest BCUT2D eigenvalue weighted by atomic mass is 32.1. The van der Waals surface area contributed by atoms with Gasteiger partial charge >= 0.3 is 0 Å². The zero-order valence-corrected chi connectivity index (χ0v) is 11.3. The van der Waals surface area contributed by atoms with Crippen molar-refractivity contribution in [1.82, 2.24) is 10.6 Å². The molecule has 0 aromatic rings.